The van der Waals surface area contributed by atoms with E-state index in [-0.39, 0.29) is 11.3 Å². The molecular formula is C16H23NO4S. The lowest BCUT2D eigenvalue weighted by Crippen LogP contribution is -2.29. The van der Waals surface area contributed by atoms with Gasteiger partial charge in [-0.15, -0.1) is 11.8 Å². The Hall–Kier alpha value is -1.56. The van der Waals surface area contributed by atoms with Gasteiger partial charge in [0.25, 0.3) is 0 Å². The summed E-state index contributed by atoms with van der Waals surface area (Å²) in [7, 11) is 4.79. The Kier molecular flexibility index (Phi) is 5.83. The SMILES string of the molecule is CCCCN1C(=O)CSC1c1ccc(OC)c(OC)c1OC. The van der Waals surface area contributed by atoms with Crippen molar-refractivity contribution in [2.75, 3.05) is 33.6 Å². The van der Waals surface area contributed by atoms with Gasteiger partial charge in [-0.25, -0.2) is 0 Å². The molecule has 0 N–H and O–H groups in total. The van der Waals surface area contributed by atoms with E-state index >= 15 is 0 Å². The largest absolute Gasteiger partial charge is 0.493 e. The first-order valence-electron chi connectivity index (χ1n) is 7.37. The van der Waals surface area contributed by atoms with Gasteiger partial charge in [0.05, 0.1) is 27.1 Å². The summed E-state index contributed by atoms with van der Waals surface area (Å²) in [5.74, 6) is 2.51. The van der Waals surface area contributed by atoms with Gasteiger partial charge in [-0.1, -0.05) is 13.3 Å². The van der Waals surface area contributed by atoms with E-state index in [0.717, 1.165) is 24.9 Å². The Morgan fingerprint density at radius 3 is 2.50 bits per heavy atom. The maximum absolute atomic E-state index is 12.1. The number of carbonyl (C=O) groups is 1. The van der Waals surface area contributed by atoms with Crippen LogP contribution in [0.5, 0.6) is 17.2 Å². The average molecular weight is 325 g/mol. The zero-order valence-corrected chi connectivity index (χ0v) is 14.4. The number of unbranched alkanes of at least 4 members (excludes halogenated alkanes) is 1. The van der Waals surface area contributed by atoms with Crippen LogP contribution < -0.4 is 14.2 Å². The third-order valence-electron chi connectivity index (χ3n) is 3.72. The Balaban J connectivity index is 2.40. The van der Waals surface area contributed by atoms with E-state index < -0.39 is 0 Å². The van der Waals surface area contributed by atoms with Crippen LogP contribution in [0.4, 0.5) is 0 Å². The fourth-order valence-electron chi connectivity index (χ4n) is 2.60. The molecule has 1 fully saturated rings. The van der Waals surface area contributed by atoms with Crippen molar-refractivity contribution in [3.8, 4) is 17.2 Å². The van der Waals surface area contributed by atoms with Crippen LogP contribution in [0.15, 0.2) is 12.1 Å². The maximum atomic E-state index is 12.1. The molecule has 0 bridgehead atoms. The molecule has 1 aromatic rings. The zero-order valence-electron chi connectivity index (χ0n) is 13.5. The van der Waals surface area contributed by atoms with Gasteiger partial charge in [0.2, 0.25) is 11.7 Å². The predicted molar refractivity (Wildman–Crippen MR) is 87.9 cm³/mol. The van der Waals surface area contributed by atoms with E-state index in [9.17, 15) is 4.79 Å². The highest BCUT2D eigenvalue weighted by molar-refractivity contribution is 8.00. The van der Waals surface area contributed by atoms with Crippen LogP contribution in [0.1, 0.15) is 30.7 Å². The van der Waals surface area contributed by atoms with E-state index in [1.165, 1.54) is 0 Å². The minimum atomic E-state index is -0.0335. The van der Waals surface area contributed by atoms with Gasteiger partial charge < -0.3 is 19.1 Å². The summed E-state index contributed by atoms with van der Waals surface area (Å²) in [4.78, 5) is 14.1. The van der Waals surface area contributed by atoms with E-state index in [1.54, 1.807) is 33.1 Å². The first-order valence-corrected chi connectivity index (χ1v) is 8.42. The molecule has 2 rings (SSSR count). The quantitative estimate of drug-likeness (QED) is 0.771. The highest BCUT2D eigenvalue weighted by Gasteiger charge is 2.35. The number of thioether (sulfide) groups is 1. The number of methoxy groups -OCH3 is 3. The third kappa shape index (κ3) is 3.11. The first-order chi connectivity index (χ1) is 10.7. The summed E-state index contributed by atoms with van der Waals surface area (Å²) in [5.41, 5.74) is 0.951. The van der Waals surface area contributed by atoms with Crippen molar-refractivity contribution in [1.82, 2.24) is 4.90 Å². The maximum Gasteiger partial charge on any atom is 0.233 e. The summed E-state index contributed by atoms with van der Waals surface area (Å²) in [5, 5.41) is -0.0335. The van der Waals surface area contributed by atoms with Crippen molar-refractivity contribution in [3.05, 3.63) is 17.7 Å². The molecule has 0 aliphatic carbocycles. The third-order valence-corrected chi connectivity index (χ3v) is 4.96. The number of hydrogen-bond acceptors (Lipinski definition) is 5. The van der Waals surface area contributed by atoms with Gasteiger partial charge in [0, 0.05) is 12.1 Å². The molecular weight excluding hydrogens is 302 g/mol. The van der Waals surface area contributed by atoms with Gasteiger partial charge >= 0.3 is 0 Å². The smallest absolute Gasteiger partial charge is 0.233 e. The van der Waals surface area contributed by atoms with Crippen LogP contribution >= 0.6 is 11.8 Å². The molecule has 1 amide bonds. The fourth-order valence-corrected chi connectivity index (χ4v) is 3.84. The number of ether oxygens (including phenoxy) is 3. The van der Waals surface area contributed by atoms with Crippen LogP contribution in [0, 0.1) is 0 Å². The van der Waals surface area contributed by atoms with Gasteiger partial charge in [-0.3, -0.25) is 4.79 Å². The predicted octanol–water partition coefficient (Wildman–Crippen LogP) is 3.09. The Bertz CT molecular complexity index is 535. The van der Waals surface area contributed by atoms with Crippen molar-refractivity contribution in [2.24, 2.45) is 0 Å². The molecule has 0 spiro atoms. The molecule has 22 heavy (non-hydrogen) atoms. The summed E-state index contributed by atoms with van der Waals surface area (Å²) in [6.45, 7) is 2.89. The fraction of sp³-hybridized carbons (Fsp3) is 0.562. The minimum Gasteiger partial charge on any atom is -0.493 e. The molecule has 1 atom stereocenters. The standard InChI is InChI=1S/C16H23NO4S/c1-5-6-9-17-13(18)10-22-16(17)11-7-8-12(19-2)15(21-4)14(11)20-3/h7-8,16H,5-6,9-10H2,1-4H3. The number of amides is 1. The first kappa shape index (κ1) is 16.8. The lowest BCUT2D eigenvalue weighted by Gasteiger charge is -2.26. The molecule has 1 aliphatic rings. The van der Waals surface area contributed by atoms with Crippen LogP contribution in [0.2, 0.25) is 0 Å². The van der Waals surface area contributed by atoms with Crippen molar-refractivity contribution >= 4 is 17.7 Å². The molecule has 1 aromatic carbocycles. The Morgan fingerprint density at radius 1 is 1.18 bits per heavy atom. The van der Waals surface area contributed by atoms with E-state index in [0.29, 0.717) is 23.0 Å². The Labute approximate surface area is 135 Å². The van der Waals surface area contributed by atoms with E-state index in [1.807, 2.05) is 17.0 Å². The normalized spacial score (nSPS) is 17.7. The van der Waals surface area contributed by atoms with E-state index in [4.69, 9.17) is 14.2 Å². The number of rotatable bonds is 7. The molecule has 1 aliphatic heterocycles. The summed E-state index contributed by atoms with van der Waals surface area (Å²) in [6.07, 6.45) is 2.06. The monoisotopic (exact) mass is 325 g/mol. The lowest BCUT2D eigenvalue weighted by molar-refractivity contribution is -0.128. The number of carbonyl (C=O) groups excluding carboxylic acids is 1. The van der Waals surface area contributed by atoms with Crippen molar-refractivity contribution in [2.45, 2.75) is 25.1 Å². The topological polar surface area (TPSA) is 48.0 Å². The summed E-state index contributed by atoms with van der Waals surface area (Å²) in [6, 6.07) is 3.81. The summed E-state index contributed by atoms with van der Waals surface area (Å²) < 4.78 is 16.3. The van der Waals surface area contributed by atoms with Crippen LogP contribution in [0.3, 0.4) is 0 Å². The average Bonchev–Trinajstić information content (AvgIpc) is 2.91. The number of benzene rings is 1. The van der Waals surface area contributed by atoms with Crippen molar-refractivity contribution in [3.63, 3.8) is 0 Å². The molecule has 5 nitrogen and oxygen atoms in total. The molecule has 0 radical (unpaired) electrons. The van der Waals surface area contributed by atoms with Gasteiger partial charge in [-0.05, 0) is 18.6 Å². The van der Waals surface area contributed by atoms with Gasteiger partial charge in [-0.2, -0.15) is 0 Å². The van der Waals surface area contributed by atoms with Gasteiger partial charge in [0.1, 0.15) is 5.37 Å². The molecule has 122 valence electrons. The zero-order chi connectivity index (χ0) is 16.1. The second kappa shape index (κ2) is 7.63. The highest BCUT2D eigenvalue weighted by atomic mass is 32.2. The second-order valence-electron chi connectivity index (χ2n) is 5.03. The number of nitrogens with zero attached hydrogens (tertiary/aromatic N) is 1. The van der Waals surface area contributed by atoms with Crippen molar-refractivity contribution in [1.29, 1.82) is 0 Å². The molecule has 0 aromatic heterocycles. The van der Waals surface area contributed by atoms with Crippen LogP contribution in [0.25, 0.3) is 0 Å². The molecule has 6 heteroatoms. The van der Waals surface area contributed by atoms with E-state index in [2.05, 4.69) is 6.92 Å². The molecule has 1 unspecified atom stereocenters. The highest BCUT2D eigenvalue weighted by Crippen LogP contribution is 2.48. The lowest BCUT2D eigenvalue weighted by atomic mass is 10.1. The summed E-state index contributed by atoms with van der Waals surface area (Å²) >= 11 is 1.62. The minimum absolute atomic E-state index is 0.0335. The van der Waals surface area contributed by atoms with Gasteiger partial charge in [0.15, 0.2) is 11.5 Å². The Morgan fingerprint density at radius 2 is 1.91 bits per heavy atom. The second-order valence-corrected chi connectivity index (χ2v) is 6.10. The molecule has 1 heterocycles. The van der Waals surface area contributed by atoms with Crippen molar-refractivity contribution < 1.29 is 19.0 Å². The number of hydrogen-bond donors (Lipinski definition) is 0. The molecule has 0 saturated carbocycles. The van der Waals surface area contributed by atoms with Crippen LogP contribution in [-0.4, -0.2) is 44.4 Å². The van der Waals surface area contributed by atoms with Crippen LogP contribution in [-0.2, 0) is 4.79 Å². The molecule has 1 saturated heterocycles.